The molecule has 0 bridgehead atoms. The summed E-state index contributed by atoms with van der Waals surface area (Å²) >= 11 is 0. The Morgan fingerprint density at radius 2 is 2.19 bits per heavy atom. The molecule has 0 radical (unpaired) electrons. The molecule has 0 aliphatic carbocycles. The minimum atomic E-state index is 0.201. The van der Waals surface area contributed by atoms with Crippen molar-refractivity contribution in [1.82, 2.24) is 19.7 Å². The van der Waals surface area contributed by atoms with Crippen LogP contribution in [-0.2, 0) is 0 Å². The van der Waals surface area contributed by atoms with Gasteiger partial charge in [-0.3, -0.25) is 0 Å². The smallest absolute Gasteiger partial charge is 0.221 e. The zero-order valence-electron chi connectivity index (χ0n) is 16.1. The van der Waals surface area contributed by atoms with Crippen LogP contribution in [0.3, 0.4) is 0 Å². The maximum absolute atomic E-state index is 5.94. The molecule has 0 saturated carbocycles. The van der Waals surface area contributed by atoms with E-state index in [0.717, 1.165) is 41.1 Å². The van der Waals surface area contributed by atoms with Crippen LogP contribution in [0.2, 0.25) is 0 Å². The predicted octanol–water partition coefficient (Wildman–Crippen LogP) is 4.03. The highest BCUT2D eigenvalue weighted by molar-refractivity contribution is 5.73. The maximum Gasteiger partial charge on any atom is 0.221 e. The fourth-order valence-corrected chi connectivity index (χ4v) is 3.01. The highest BCUT2D eigenvalue weighted by Gasteiger charge is 2.15. The van der Waals surface area contributed by atoms with Crippen LogP contribution in [0.4, 0.5) is 0 Å². The topological polar surface area (TPSA) is 60.7 Å². The van der Waals surface area contributed by atoms with Gasteiger partial charge in [0, 0.05) is 42.0 Å². The summed E-state index contributed by atoms with van der Waals surface area (Å²) in [6.07, 6.45) is 10.2. The summed E-state index contributed by atoms with van der Waals surface area (Å²) in [5, 5.41) is 3.42. The number of imidazole rings is 1. The Morgan fingerprint density at radius 3 is 2.93 bits per heavy atom. The van der Waals surface area contributed by atoms with Crippen molar-refractivity contribution in [3.63, 3.8) is 0 Å². The van der Waals surface area contributed by atoms with Crippen molar-refractivity contribution in [2.75, 3.05) is 20.3 Å². The number of nitrogens with one attached hydrogen (secondary N) is 1. The van der Waals surface area contributed by atoms with Crippen molar-refractivity contribution >= 4 is 5.65 Å². The molecule has 3 heterocycles. The number of rotatable bonds is 9. The molecule has 0 aliphatic heterocycles. The minimum Gasteiger partial charge on any atom is -0.489 e. The van der Waals surface area contributed by atoms with Gasteiger partial charge in [0.05, 0.1) is 13.7 Å². The Kier molecular flexibility index (Phi) is 6.08. The molecule has 6 heteroatoms. The number of fused-ring (bicyclic) bond motifs is 1. The number of methoxy groups -OCH3 is 1. The van der Waals surface area contributed by atoms with E-state index < -0.39 is 0 Å². The fraction of sp³-hybridized carbons (Fsp3) is 0.333. The molecular weight excluding hydrogens is 340 g/mol. The average molecular weight is 366 g/mol. The van der Waals surface area contributed by atoms with E-state index in [0.29, 0.717) is 12.5 Å². The summed E-state index contributed by atoms with van der Waals surface area (Å²) in [6.45, 7) is 9.41. The second-order valence-corrected chi connectivity index (χ2v) is 6.28. The third kappa shape index (κ3) is 4.11. The number of nitrogens with zero attached hydrogens (tertiary/aromatic N) is 3. The highest BCUT2D eigenvalue weighted by Crippen LogP contribution is 2.34. The molecule has 0 amide bonds. The van der Waals surface area contributed by atoms with Crippen LogP contribution in [0, 0.1) is 0 Å². The molecule has 0 unspecified atom stereocenters. The lowest BCUT2D eigenvalue weighted by Crippen LogP contribution is -2.18. The number of hydrogen-bond donors (Lipinski definition) is 1. The molecule has 0 saturated heterocycles. The summed E-state index contributed by atoms with van der Waals surface area (Å²) < 4.78 is 13.4. The number of pyridine rings is 2. The first-order valence-electron chi connectivity index (χ1n) is 9.16. The summed E-state index contributed by atoms with van der Waals surface area (Å²) in [6, 6.07) is 4.31. The van der Waals surface area contributed by atoms with Crippen LogP contribution in [0.15, 0.2) is 49.6 Å². The molecule has 0 spiro atoms. The van der Waals surface area contributed by atoms with Crippen LogP contribution >= 0.6 is 0 Å². The number of hydrogen-bond acceptors (Lipinski definition) is 5. The Bertz CT molecular complexity index is 920. The molecule has 0 aliphatic rings. The van der Waals surface area contributed by atoms with Crippen LogP contribution in [0.25, 0.3) is 16.8 Å². The van der Waals surface area contributed by atoms with Gasteiger partial charge in [-0.05, 0) is 37.6 Å². The van der Waals surface area contributed by atoms with Crippen molar-refractivity contribution in [3.8, 4) is 22.8 Å². The maximum atomic E-state index is 5.94. The SMILES string of the molecule is C=CCCOc1cc(-c2cc([C@@H](C)NCC)cnc2OC)cn2ccnc12. The minimum absolute atomic E-state index is 0.201. The fourth-order valence-electron chi connectivity index (χ4n) is 3.01. The van der Waals surface area contributed by atoms with Gasteiger partial charge in [0.15, 0.2) is 11.4 Å². The van der Waals surface area contributed by atoms with Crippen LogP contribution < -0.4 is 14.8 Å². The quantitative estimate of drug-likeness (QED) is 0.458. The molecule has 3 rings (SSSR count). The first kappa shape index (κ1) is 18.9. The first-order chi connectivity index (χ1) is 13.2. The van der Waals surface area contributed by atoms with E-state index >= 15 is 0 Å². The second-order valence-electron chi connectivity index (χ2n) is 6.28. The Morgan fingerprint density at radius 1 is 1.33 bits per heavy atom. The molecule has 27 heavy (non-hydrogen) atoms. The monoisotopic (exact) mass is 366 g/mol. The largest absolute Gasteiger partial charge is 0.489 e. The van der Waals surface area contributed by atoms with Crippen LogP contribution in [-0.4, -0.2) is 34.6 Å². The number of ether oxygens (including phenoxy) is 2. The Balaban J connectivity index is 2.07. The van der Waals surface area contributed by atoms with Gasteiger partial charge in [-0.25, -0.2) is 9.97 Å². The van der Waals surface area contributed by atoms with Crippen LogP contribution in [0.1, 0.15) is 31.9 Å². The average Bonchev–Trinajstić information content (AvgIpc) is 3.16. The lowest BCUT2D eigenvalue weighted by molar-refractivity contribution is 0.327. The summed E-state index contributed by atoms with van der Waals surface area (Å²) in [5.74, 6) is 1.31. The molecule has 3 aromatic heterocycles. The third-order valence-corrected chi connectivity index (χ3v) is 4.42. The van der Waals surface area contributed by atoms with Crippen LogP contribution in [0.5, 0.6) is 11.6 Å². The van der Waals surface area contributed by atoms with E-state index in [4.69, 9.17) is 9.47 Å². The zero-order valence-corrected chi connectivity index (χ0v) is 16.1. The van der Waals surface area contributed by atoms with E-state index in [1.54, 1.807) is 13.3 Å². The number of aromatic nitrogens is 3. The van der Waals surface area contributed by atoms with E-state index in [1.165, 1.54) is 0 Å². The van der Waals surface area contributed by atoms with Gasteiger partial charge < -0.3 is 19.2 Å². The first-order valence-corrected chi connectivity index (χ1v) is 9.16. The third-order valence-electron chi connectivity index (χ3n) is 4.42. The molecule has 0 aromatic carbocycles. The van der Waals surface area contributed by atoms with Crippen molar-refractivity contribution in [2.45, 2.75) is 26.3 Å². The van der Waals surface area contributed by atoms with Gasteiger partial charge in [-0.15, -0.1) is 6.58 Å². The highest BCUT2D eigenvalue weighted by atomic mass is 16.5. The molecular formula is C21H26N4O2. The molecule has 3 aromatic rings. The summed E-state index contributed by atoms with van der Waals surface area (Å²) in [7, 11) is 1.64. The lowest BCUT2D eigenvalue weighted by Gasteiger charge is -2.16. The van der Waals surface area contributed by atoms with Gasteiger partial charge >= 0.3 is 0 Å². The summed E-state index contributed by atoms with van der Waals surface area (Å²) in [5.41, 5.74) is 3.77. The molecule has 142 valence electrons. The van der Waals surface area contributed by atoms with Crippen molar-refractivity contribution < 1.29 is 9.47 Å². The van der Waals surface area contributed by atoms with E-state index in [-0.39, 0.29) is 6.04 Å². The van der Waals surface area contributed by atoms with Gasteiger partial charge in [0.2, 0.25) is 5.88 Å². The normalized spacial score (nSPS) is 12.1. The molecule has 0 fully saturated rings. The van der Waals surface area contributed by atoms with Crippen molar-refractivity contribution in [3.05, 3.63) is 55.1 Å². The van der Waals surface area contributed by atoms with Gasteiger partial charge in [-0.1, -0.05) is 13.0 Å². The van der Waals surface area contributed by atoms with E-state index in [1.807, 2.05) is 35.1 Å². The van der Waals surface area contributed by atoms with Gasteiger partial charge in [0.1, 0.15) is 0 Å². The second kappa shape index (κ2) is 8.68. The Hall–Kier alpha value is -2.86. The van der Waals surface area contributed by atoms with Gasteiger partial charge in [-0.2, -0.15) is 0 Å². The van der Waals surface area contributed by atoms with Crippen molar-refractivity contribution in [1.29, 1.82) is 0 Å². The Labute approximate surface area is 159 Å². The standard InChI is InChI=1S/C21H26N4O2/c1-5-7-10-27-19-12-17(14-25-9-8-23-20(19)25)18-11-16(15(3)22-6-2)13-24-21(18)26-4/h5,8-9,11-15,22H,1,6-7,10H2,2-4H3/t15-/m1/s1. The van der Waals surface area contributed by atoms with Crippen molar-refractivity contribution in [2.24, 2.45) is 0 Å². The molecule has 1 atom stereocenters. The lowest BCUT2D eigenvalue weighted by atomic mass is 10.0. The van der Waals surface area contributed by atoms with Gasteiger partial charge in [0.25, 0.3) is 0 Å². The molecule has 1 N–H and O–H groups in total. The van der Waals surface area contributed by atoms with E-state index in [2.05, 4.69) is 41.8 Å². The van der Waals surface area contributed by atoms with E-state index in [9.17, 15) is 0 Å². The molecule has 6 nitrogen and oxygen atoms in total. The predicted molar refractivity (Wildman–Crippen MR) is 107 cm³/mol. The summed E-state index contributed by atoms with van der Waals surface area (Å²) in [4.78, 5) is 8.91. The zero-order chi connectivity index (χ0) is 19.2.